The smallest absolute Gasteiger partial charge is 0.0718 e. The fourth-order valence-electron chi connectivity index (χ4n) is 1.47. The maximum atomic E-state index is 7.88. The molecule has 1 rings (SSSR count). The Morgan fingerprint density at radius 3 is 1.84 bits per heavy atom. The van der Waals surface area contributed by atoms with Crippen LogP contribution in [0.3, 0.4) is 0 Å². The molecule has 0 amide bonds. The van der Waals surface area contributed by atoms with Crippen LogP contribution in [-0.2, 0) is 16.1 Å². The molecule has 0 saturated heterocycles. The first kappa shape index (κ1) is 26.3. The van der Waals surface area contributed by atoms with Gasteiger partial charge in [0.2, 0.25) is 0 Å². The van der Waals surface area contributed by atoms with Crippen molar-refractivity contribution in [2.75, 3.05) is 33.0 Å². The molecule has 0 saturated carbocycles. The second kappa shape index (κ2) is 23.1. The van der Waals surface area contributed by atoms with Gasteiger partial charge in [0.15, 0.2) is 0 Å². The molecule has 1 aromatic carbocycles. The zero-order valence-corrected chi connectivity index (χ0v) is 16.7. The van der Waals surface area contributed by atoms with Crippen molar-refractivity contribution in [2.24, 2.45) is 5.92 Å². The summed E-state index contributed by atoms with van der Waals surface area (Å²) in [5, 5.41) is 15.8. The third-order valence-electron chi connectivity index (χ3n) is 3.38. The van der Waals surface area contributed by atoms with E-state index in [4.69, 9.17) is 19.7 Å². The van der Waals surface area contributed by atoms with Crippen LogP contribution in [0.25, 0.3) is 0 Å². The standard InChI is InChI=1S/C15H24O2.2C3H8O/c1-3-14(2)9-10-16-11-12-17-13-15-7-5-4-6-8-15;2*1-2-3-4/h4-8,14H,3,9-13H2,1-2H3;2*4H,2-3H2,1H3. The number of aliphatic hydroxyl groups is 2. The van der Waals surface area contributed by atoms with E-state index in [1.165, 1.54) is 12.0 Å². The Labute approximate surface area is 155 Å². The van der Waals surface area contributed by atoms with Gasteiger partial charge in [-0.2, -0.15) is 0 Å². The minimum Gasteiger partial charge on any atom is -0.396 e. The number of hydrogen-bond donors (Lipinski definition) is 2. The summed E-state index contributed by atoms with van der Waals surface area (Å²) in [5.41, 5.74) is 1.21. The zero-order valence-electron chi connectivity index (χ0n) is 16.7. The Hall–Kier alpha value is -0.940. The summed E-state index contributed by atoms with van der Waals surface area (Å²) in [6, 6.07) is 10.2. The highest BCUT2D eigenvalue weighted by molar-refractivity contribution is 5.13. The predicted molar refractivity (Wildman–Crippen MR) is 106 cm³/mol. The van der Waals surface area contributed by atoms with Gasteiger partial charge in [0.05, 0.1) is 19.8 Å². The Morgan fingerprint density at radius 2 is 1.36 bits per heavy atom. The van der Waals surface area contributed by atoms with Gasteiger partial charge in [-0.05, 0) is 30.7 Å². The summed E-state index contributed by atoms with van der Waals surface area (Å²) in [5.74, 6) is 0.764. The van der Waals surface area contributed by atoms with E-state index in [1.54, 1.807) is 0 Å². The van der Waals surface area contributed by atoms with E-state index in [1.807, 2.05) is 32.0 Å². The molecule has 0 heterocycles. The summed E-state index contributed by atoms with van der Waals surface area (Å²) in [7, 11) is 0. The monoisotopic (exact) mass is 356 g/mol. The maximum absolute atomic E-state index is 7.88. The highest BCUT2D eigenvalue weighted by Crippen LogP contribution is 2.05. The maximum Gasteiger partial charge on any atom is 0.0718 e. The second-order valence-corrected chi connectivity index (χ2v) is 5.90. The summed E-state index contributed by atoms with van der Waals surface area (Å²) in [4.78, 5) is 0. The minimum atomic E-state index is 0.319. The Bertz CT molecular complexity index is 322. The molecule has 25 heavy (non-hydrogen) atoms. The van der Waals surface area contributed by atoms with Gasteiger partial charge in [-0.15, -0.1) is 0 Å². The molecule has 0 aromatic heterocycles. The van der Waals surface area contributed by atoms with E-state index >= 15 is 0 Å². The topological polar surface area (TPSA) is 58.9 Å². The fourth-order valence-corrected chi connectivity index (χ4v) is 1.47. The van der Waals surface area contributed by atoms with Crippen LogP contribution < -0.4 is 0 Å². The molecule has 1 atom stereocenters. The molecule has 0 aliphatic carbocycles. The highest BCUT2D eigenvalue weighted by Gasteiger charge is 1.98. The largest absolute Gasteiger partial charge is 0.396 e. The van der Waals surface area contributed by atoms with Gasteiger partial charge in [0.25, 0.3) is 0 Å². The van der Waals surface area contributed by atoms with E-state index in [0.717, 1.165) is 31.8 Å². The molecule has 0 spiro atoms. The van der Waals surface area contributed by atoms with Crippen LogP contribution in [0.4, 0.5) is 0 Å². The van der Waals surface area contributed by atoms with E-state index < -0.39 is 0 Å². The zero-order chi connectivity index (χ0) is 19.2. The molecule has 0 radical (unpaired) electrons. The van der Waals surface area contributed by atoms with Gasteiger partial charge < -0.3 is 19.7 Å². The lowest BCUT2D eigenvalue weighted by Crippen LogP contribution is -2.07. The second-order valence-electron chi connectivity index (χ2n) is 5.90. The third-order valence-corrected chi connectivity index (χ3v) is 3.38. The Kier molecular flexibility index (Phi) is 24.3. The quantitative estimate of drug-likeness (QED) is 0.576. The van der Waals surface area contributed by atoms with Crippen molar-refractivity contribution < 1.29 is 19.7 Å². The molecular weight excluding hydrogens is 316 g/mol. The van der Waals surface area contributed by atoms with Crippen LogP contribution in [0.2, 0.25) is 0 Å². The number of aliphatic hydroxyl groups excluding tert-OH is 2. The molecule has 0 aliphatic heterocycles. The number of hydrogen-bond acceptors (Lipinski definition) is 4. The average Bonchev–Trinajstić information content (AvgIpc) is 2.68. The summed E-state index contributed by atoms with van der Waals surface area (Å²) in [6.45, 7) is 11.9. The van der Waals surface area contributed by atoms with Crippen LogP contribution in [0.1, 0.15) is 58.9 Å². The van der Waals surface area contributed by atoms with E-state index in [-0.39, 0.29) is 0 Å². The lowest BCUT2D eigenvalue weighted by Gasteiger charge is -2.09. The molecule has 148 valence electrons. The van der Waals surface area contributed by atoms with Gasteiger partial charge in [0.1, 0.15) is 0 Å². The molecule has 0 fully saturated rings. The minimum absolute atomic E-state index is 0.319. The lowest BCUT2D eigenvalue weighted by atomic mass is 10.1. The van der Waals surface area contributed by atoms with Crippen LogP contribution >= 0.6 is 0 Å². The van der Waals surface area contributed by atoms with E-state index in [2.05, 4.69) is 26.0 Å². The summed E-state index contributed by atoms with van der Waals surface area (Å²) < 4.78 is 11.0. The molecular formula is C21H40O4. The van der Waals surface area contributed by atoms with Crippen LogP contribution in [0.15, 0.2) is 30.3 Å². The Morgan fingerprint density at radius 1 is 0.840 bits per heavy atom. The SMILES string of the molecule is CCC(C)CCOCCOCc1ccccc1.CCCO.CCCO. The van der Waals surface area contributed by atoms with Gasteiger partial charge >= 0.3 is 0 Å². The van der Waals surface area contributed by atoms with Crippen molar-refractivity contribution in [1.82, 2.24) is 0 Å². The number of rotatable bonds is 11. The average molecular weight is 357 g/mol. The van der Waals surface area contributed by atoms with Gasteiger partial charge in [-0.1, -0.05) is 64.4 Å². The van der Waals surface area contributed by atoms with Crippen LogP contribution in [0.5, 0.6) is 0 Å². The number of benzene rings is 1. The van der Waals surface area contributed by atoms with Crippen molar-refractivity contribution in [3.8, 4) is 0 Å². The van der Waals surface area contributed by atoms with E-state index in [9.17, 15) is 0 Å². The molecule has 4 heteroatoms. The van der Waals surface area contributed by atoms with Gasteiger partial charge in [-0.3, -0.25) is 0 Å². The van der Waals surface area contributed by atoms with Gasteiger partial charge in [-0.25, -0.2) is 0 Å². The Balaban J connectivity index is 0. The first-order chi connectivity index (χ1) is 12.2. The van der Waals surface area contributed by atoms with Gasteiger partial charge in [0, 0.05) is 19.8 Å². The predicted octanol–water partition coefficient (Wildman–Crippen LogP) is 4.43. The van der Waals surface area contributed by atoms with Crippen molar-refractivity contribution in [1.29, 1.82) is 0 Å². The summed E-state index contributed by atoms with van der Waals surface area (Å²) in [6.07, 6.45) is 4.13. The summed E-state index contributed by atoms with van der Waals surface area (Å²) >= 11 is 0. The molecule has 4 nitrogen and oxygen atoms in total. The molecule has 0 bridgehead atoms. The lowest BCUT2D eigenvalue weighted by molar-refractivity contribution is 0.0366. The molecule has 1 unspecified atom stereocenters. The molecule has 2 N–H and O–H groups in total. The fraction of sp³-hybridized carbons (Fsp3) is 0.714. The first-order valence-electron chi connectivity index (χ1n) is 9.57. The first-order valence-corrected chi connectivity index (χ1v) is 9.57. The normalized spacial score (nSPS) is 11.0. The van der Waals surface area contributed by atoms with Crippen LogP contribution in [0, 0.1) is 5.92 Å². The third kappa shape index (κ3) is 23.1. The van der Waals surface area contributed by atoms with Crippen LogP contribution in [-0.4, -0.2) is 43.2 Å². The van der Waals surface area contributed by atoms with Crippen molar-refractivity contribution in [2.45, 2.75) is 60.0 Å². The van der Waals surface area contributed by atoms with Crippen molar-refractivity contribution in [3.63, 3.8) is 0 Å². The molecule has 0 aliphatic rings. The molecule has 1 aromatic rings. The number of ether oxygens (including phenoxy) is 2. The highest BCUT2D eigenvalue weighted by atomic mass is 16.5. The van der Waals surface area contributed by atoms with E-state index in [0.29, 0.717) is 33.0 Å². The van der Waals surface area contributed by atoms with Crippen molar-refractivity contribution in [3.05, 3.63) is 35.9 Å². The van der Waals surface area contributed by atoms with Crippen molar-refractivity contribution >= 4 is 0 Å².